The van der Waals surface area contributed by atoms with E-state index in [1.165, 1.54) is 12.8 Å². The Kier molecular flexibility index (Phi) is 5.64. The van der Waals surface area contributed by atoms with Crippen molar-refractivity contribution in [1.29, 1.82) is 0 Å². The maximum atomic E-state index is 9.38. The van der Waals surface area contributed by atoms with Crippen molar-refractivity contribution in [3.63, 3.8) is 0 Å². The van der Waals surface area contributed by atoms with E-state index in [0.29, 0.717) is 11.9 Å². The normalized spacial score (nSPS) is 17.9. The molecule has 0 spiro atoms. The molecule has 1 aliphatic heterocycles. The van der Waals surface area contributed by atoms with Crippen LogP contribution in [0.25, 0.3) is 22.2 Å². The van der Waals surface area contributed by atoms with Crippen LogP contribution in [-0.4, -0.2) is 41.3 Å². The van der Waals surface area contributed by atoms with E-state index in [1.54, 1.807) is 7.11 Å². The lowest BCUT2D eigenvalue weighted by molar-refractivity contribution is 0.111. The summed E-state index contributed by atoms with van der Waals surface area (Å²) in [6, 6.07) is 12.6. The number of fused-ring (bicyclic) bond motifs is 1. The molecule has 1 fully saturated rings. The van der Waals surface area contributed by atoms with Gasteiger partial charge >= 0.3 is 0 Å². The summed E-state index contributed by atoms with van der Waals surface area (Å²) in [4.78, 5) is 7.31. The molecule has 5 nitrogen and oxygen atoms in total. The summed E-state index contributed by atoms with van der Waals surface area (Å²) in [6.45, 7) is 4.05. The van der Waals surface area contributed by atoms with Gasteiger partial charge in [-0.05, 0) is 50.2 Å². The quantitative estimate of drug-likeness (QED) is 0.680. The Balaban J connectivity index is 1.66. The molecule has 3 aromatic rings. The molecule has 2 aromatic carbocycles. The molecule has 0 saturated carbocycles. The standard InChI is InChI=1S/C23H28N2O3/c1-16-21(15-25-13-6-5-7-17(25)12-14-26)24-23(28-16)20-10-11-22(27-2)19-9-4-3-8-18(19)20/h3-4,8-11,17,26H,5-7,12-15H2,1-2H3/t17-/m1/s1. The lowest BCUT2D eigenvalue weighted by atomic mass is 9.99. The first-order valence-corrected chi connectivity index (χ1v) is 10.1. The van der Waals surface area contributed by atoms with E-state index in [-0.39, 0.29) is 6.61 Å². The predicted octanol–water partition coefficient (Wildman–Crippen LogP) is 4.55. The van der Waals surface area contributed by atoms with Gasteiger partial charge in [-0.2, -0.15) is 0 Å². The first-order chi connectivity index (χ1) is 13.7. The molecule has 1 aromatic heterocycles. The first-order valence-electron chi connectivity index (χ1n) is 10.1. The predicted molar refractivity (Wildman–Crippen MR) is 110 cm³/mol. The third kappa shape index (κ3) is 3.64. The molecule has 0 aliphatic carbocycles. The second-order valence-corrected chi connectivity index (χ2v) is 7.52. The van der Waals surface area contributed by atoms with Crippen molar-refractivity contribution in [3.8, 4) is 17.2 Å². The Bertz CT molecular complexity index is 948. The number of aryl methyl sites for hydroxylation is 1. The number of benzene rings is 2. The van der Waals surface area contributed by atoms with Gasteiger partial charge in [0, 0.05) is 30.1 Å². The Morgan fingerprint density at radius 2 is 2.00 bits per heavy atom. The van der Waals surface area contributed by atoms with Gasteiger partial charge in [0.2, 0.25) is 5.89 Å². The second-order valence-electron chi connectivity index (χ2n) is 7.52. The number of hydrogen-bond donors (Lipinski definition) is 1. The zero-order chi connectivity index (χ0) is 19.5. The summed E-state index contributed by atoms with van der Waals surface area (Å²) in [5, 5.41) is 11.5. The molecule has 28 heavy (non-hydrogen) atoms. The fourth-order valence-corrected chi connectivity index (χ4v) is 4.26. The molecule has 0 bridgehead atoms. The van der Waals surface area contributed by atoms with Crippen LogP contribution in [0.2, 0.25) is 0 Å². The highest BCUT2D eigenvalue weighted by molar-refractivity contribution is 5.98. The molecular weight excluding hydrogens is 352 g/mol. The van der Waals surface area contributed by atoms with Crippen molar-refractivity contribution in [2.24, 2.45) is 0 Å². The molecule has 2 heterocycles. The number of ether oxygens (including phenoxy) is 1. The lowest BCUT2D eigenvalue weighted by Crippen LogP contribution is -2.39. The summed E-state index contributed by atoms with van der Waals surface area (Å²) in [7, 11) is 1.69. The minimum atomic E-state index is 0.238. The maximum absolute atomic E-state index is 9.38. The number of nitrogens with zero attached hydrogens (tertiary/aromatic N) is 2. The summed E-state index contributed by atoms with van der Waals surface area (Å²) >= 11 is 0. The molecule has 0 amide bonds. The van der Waals surface area contributed by atoms with Gasteiger partial charge in [0.15, 0.2) is 0 Å². The molecular formula is C23H28N2O3. The SMILES string of the molecule is COc1ccc(-c2nc(CN3CCCC[C@@H]3CCO)c(C)o2)c2ccccc12. The number of hydrogen-bond acceptors (Lipinski definition) is 5. The summed E-state index contributed by atoms with van der Waals surface area (Å²) in [5.74, 6) is 2.37. The highest BCUT2D eigenvalue weighted by Crippen LogP contribution is 2.35. The highest BCUT2D eigenvalue weighted by atomic mass is 16.5. The molecule has 0 unspecified atom stereocenters. The maximum Gasteiger partial charge on any atom is 0.227 e. The van der Waals surface area contributed by atoms with Crippen LogP contribution >= 0.6 is 0 Å². The topological polar surface area (TPSA) is 58.7 Å². The van der Waals surface area contributed by atoms with Gasteiger partial charge in [0.1, 0.15) is 11.5 Å². The molecule has 1 atom stereocenters. The number of methoxy groups -OCH3 is 1. The van der Waals surface area contributed by atoms with E-state index < -0.39 is 0 Å². The third-order valence-corrected chi connectivity index (χ3v) is 5.79. The highest BCUT2D eigenvalue weighted by Gasteiger charge is 2.24. The van der Waals surface area contributed by atoms with Gasteiger partial charge in [-0.15, -0.1) is 0 Å². The first kappa shape index (κ1) is 19.0. The number of aliphatic hydroxyl groups is 1. The zero-order valence-electron chi connectivity index (χ0n) is 16.6. The van der Waals surface area contributed by atoms with Crippen molar-refractivity contribution < 1.29 is 14.3 Å². The van der Waals surface area contributed by atoms with Gasteiger partial charge in [-0.1, -0.05) is 30.7 Å². The largest absolute Gasteiger partial charge is 0.496 e. The van der Waals surface area contributed by atoms with Crippen molar-refractivity contribution in [3.05, 3.63) is 47.9 Å². The van der Waals surface area contributed by atoms with Crippen LogP contribution in [0.5, 0.6) is 5.75 Å². The third-order valence-electron chi connectivity index (χ3n) is 5.79. The number of aliphatic hydroxyl groups excluding tert-OH is 1. The number of aromatic nitrogens is 1. The molecule has 148 valence electrons. The van der Waals surface area contributed by atoms with Gasteiger partial charge in [0.25, 0.3) is 0 Å². The summed E-state index contributed by atoms with van der Waals surface area (Å²) in [6.07, 6.45) is 4.41. The molecule has 5 heteroatoms. The van der Waals surface area contributed by atoms with Crippen molar-refractivity contribution >= 4 is 10.8 Å². The van der Waals surface area contributed by atoms with E-state index in [0.717, 1.165) is 59.5 Å². The number of likely N-dealkylation sites (tertiary alicyclic amines) is 1. The molecule has 1 N–H and O–H groups in total. The lowest BCUT2D eigenvalue weighted by Gasteiger charge is -2.35. The minimum Gasteiger partial charge on any atom is -0.496 e. The monoisotopic (exact) mass is 380 g/mol. The average Bonchev–Trinajstić information content (AvgIpc) is 3.09. The average molecular weight is 380 g/mol. The van der Waals surface area contributed by atoms with E-state index in [2.05, 4.69) is 17.0 Å². The van der Waals surface area contributed by atoms with Crippen molar-refractivity contribution in [2.75, 3.05) is 20.3 Å². The zero-order valence-corrected chi connectivity index (χ0v) is 16.6. The van der Waals surface area contributed by atoms with E-state index in [9.17, 15) is 5.11 Å². The van der Waals surface area contributed by atoms with Crippen LogP contribution in [-0.2, 0) is 6.54 Å². The van der Waals surface area contributed by atoms with Gasteiger partial charge < -0.3 is 14.3 Å². The molecule has 0 radical (unpaired) electrons. The Morgan fingerprint density at radius 3 is 2.79 bits per heavy atom. The van der Waals surface area contributed by atoms with Gasteiger partial charge in [0.05, 0.1) is 12.8 Å². The van der Waals surface area contributed by atoms with Gasteiger partial charge in [-0.25, -0.2) is 4.98 Å². The van der Waals surface area contributed by atoms with Crippen LogP contribution in [0, 0.1) is 6.92 Å². The Hall–Kier alpha value is -2.37. The molecule has 1 saturated heterocycles. The van der Waals surface area contributed by atoms with Crippen LogP contribution in [0.1, 0.15) is 37.1 Å². The van der Waals surface area contributed by atoms with E-state index >= 15 is 0 Å². The van der Waals surface area contributed by atoms with Crippen LogP contribution < -0.4 is 4.74 Å². The fourth-order valence-electron chi connectivity index (χ4n) is 4.26. The minimum absolute atomic E-state index is 0.238. The van der Waals surface area contributed by atoms with E-state index in [4.69, 9.17) is 14.1 Å². The molecule has 4 rings (SSSR count). The Morgan fingerprint density at radius 1 is 1.18 bits per heavy atom. The number of rotatable bonds is 6. The fraction of sp³-hybridized carbons (Fsp3) is 0.435. The van der Waals surface area contributed by atoms with Crippen LogP contribution in [0.15, 0.2) is 40.8 Å². The smallest absolute Gasteiger partial charge is 0.227 e. The number of oxazole rings is 1. The van der Waals surface area contributed by atoms with Crippen molar-refractivity contribution in [2.45, 2.75) is 45.2 Å². The van der Waals surface area contributed by atoms with Crippen LogP contribution in [0.3, 0.4) is 0 Å². The van der Waals surface area contributed by atoms with Gasteiger partial charge in [-0.3, -0.25) is 4.90 Å². The van der Waals surface area contributed by atoms with Crippen molar-refractivity contribution in [1.82, 2.24) is 9.88 Å². The molecule has 1 aliphatic rings. The number of piperidine rings is 1. The Labute approximate surface area is 165 Å². The summed E-state index contributed by atoms with van der Waals surface area (Å²) in [5.41, 5.74) is 1.97. The van der Waals surface area contributed by atoms with E-state index in [1.807, 2.05) is 31.2 Å². The second kappa shape index (κ2) is 8.33. The van der Waals surface area contributed by atoms with Crippen LogP contribution in [0.4, 0.5) is 0 Å². The summed E-state index contributed by atoms with van der Waals surface area (Å²) < 4.78 is 11.6.